The molecule has 0 bridgehead atoms. The first kappa shape index (κ1) is 18.0. The molecule has 1 N–H and O–H groups in total. The number of ether oxygens (including phenoxy) is 2. The average molecular weight is 372 g/mol. The Balaban J connectivity index is 1.99. The summed E-state index contributed by atoms with van der Waals surface area (Å²) in [6.45, 7) is 4.70. The van der Waals surface area contributed by atoms with Crippen molar-refractivity contribution in [1.29, 1.82) is 0 Å². The molecular formula is C19H20N2O4S. The molecule has 0 aliphatic heterocycles. The molecule has 0 aliphatic carbocycles. The van der Waals surface area contributed by atoms with Gasteiger partial charge in [0.1, 0.15) is 0 Å². The predicted molar refractivity (Wildman–Crippen MR) is 102 cm³/mol. The first-order valence-corrected chi connectivity index (χ1v) is 9.06. The van der Waals surface area contributed by atoms with E-state index in [1.54, 1.807) is 29.9 Å². The van der Waals surface area contributed by atoms with Gasteiger partial charge in [-0.3, -0.25) is 4.40 Å². The van der Waals surface area contributed by atoms with Gasteiger partial charge in [0.2, 0.25) is 0 Å². The molecule has 136 valence electrons. The number of aromatic carboxylic acids is 1. The molecule has 0 saturated carbocycles. The molecule has 2 heterocycles. The third-order valence-electron chi connectivity index (χ3n) is 3.70. The highest BCUT2D eigenvalue weighted by atomic mass is 32.1. The van der Waals surface area contributed by atoms with Crippen LogP contribution in [-0.2, 0) is 0 Å². The van der Waals surface area contributed by atoms with E-state index in [1.807, 2.05) is 23.6 Å². The second-order valence-electron chi connectivity index (χ2n) is 6.12. The van der Waals surface area contributed by atoms with Crippen molar-refractivity contribution in [2.24, 2.45) is 5.92 Å². The number of methoxy groups -OCH3 is 1. The zero-order valence-electron chi connectivity index (χ0n) is 14.8. The minimum Gasteiger partial charge on any atom is -0.493 e. The molecule has 0 saturated heterocycles. The second-order valence-corrected chi connectivity index (χ2v) is 7.00. The van der Waals surface area contributed by atoms with Gasteiger partial charge in [0, 0.05) is 17.1 Å². The number of thiazole rings is 1. The van der Waals surface area contributed by atoms with Gasteiger partial charge in [0.25, 0.3) is 0 Å². The first-order valence-electron chi connectivity index (χ1n) is 8.18. The van der Waals surface area contributed by atoms with E-state index in [2.05, 4.69) is 18.8 Å². The SMILES string of the molecule is COc1cccc(C=Cc2nc3sccn3c2C(=O)O)c1OCC(C)C. The number of fused-ring (bicyclic) bond motifs is 1. The van der Waals surface area contributed by atoms with E-state index in [4.69, 9.17) is 9.47 Å². The maximum absolute atomic E-state index is 11.6. The molecule has 6 nitrogen and oxygen atoms in total. The molecule has 0 spiro atoms. The van der Waals surface area contributed by atoms with Gasteiger partial charge in [-0.1, -0.05) is 26.0 Å². The fraction of sp³-hybridized carbons (Fsp3) is 0.263. The van der Waals surface area contributed by atoms with Crippen molar-refractivity contribution in [1.82, 2.24) is 9.38 Å². The molecule has 0 unspecified atom stereocenters. The van der Waals surface area contributed by atoms with E-state index < -0.39 is 5.97 Å². The highest BCUT2D eigenvalue weighted by Gasteiger charge is 2.18. The molecule has 0 amide bonds. The topological polar surface area (TPSA) is 73.1 Å². The van der Waals surface area contributed by atoms with Gasteiger partial charge in [0.15, 0.2) is 22.2 Å². The summed E-state index contributed by atoms with van der Waals surface area (Å²) in [5.41, 5.74) is 1.35. The molecule has 7 heteroatoms. The van der Waals surface area contributed by atoms with Crippen LogP contribution < -0.4 is 9.47 Å². The predicted octanol–water partition coefficient (Wildman–Crippen LogP) is 4.31. The van der Waals surface area contributed by atoms with Gasteiger partial charge in [-0.25, -0.2) is 9.78 Å². The number of carboxylic acid groups (broad SMARTS) is 1. The monoisotopic (exact) mass is 372 g/mol. The Hall–Kier alpha value is -2.80. The van der Waals surface area contributed by atoms with Crippen LogP contribution in [0, 0.1) is 5.92 Å². The molecule has 3 aromatic rings. The Morgan fingerprint density at radius 3 is 2.88 bits per heavy atom. The van der Waals surface area contributed by atoms with E-state index in [0.717, 1.165) is 5.56 Å². The number of aromatic nitrogens is 2. The van der Waals surface area contributed by atoms with Crippen molar-refractivity contribution in [3.63, 3.8) is 0 Å². The summed E-state index contributed by atoms with van der Waals surface area (Å²) in [5, 5.41) is 11.3. The Bertz CT molecular complexity index is 956. The minimum atomic E-state index is -1.02. The Kier molecular flexibility index (Phi) is 5.27. The van der Waals surface area contributed by atoms with Crippen molar-refractivity contribution in [2.45, 2.75) is 13.8 Å². The summed E-state index contributed by atoms with van der Waals surface area (Å²) in [4.78, 5) is 16.7. The van der Waals surface area contributed by atoms with E-state index >= 15 is 0 Å². The quantitative estimate of drug-likeness (QED) is 0.669. The van der Waals surface area contributed by atoms with Crippen molar-refractivity contribution in [3.05, 3.63) is 46.7 Å². The molecule has 0 radical (unpaired) electrons. The standard InChI is InChI=1S/C19H20N2O4S/c1-12(2)11-25-17-13(5-4-6-15(17)24-3)7-8-14-16(18(22)23)21-9-10-26-19(21)20-14/h4-10,12H,11H2,1-3H3,(H,22,23). The van der Waals surface area contributed by atoms with Crippen molar-refractivity contribution in [3.8, 4) is 11.5 Å². The smallest absolute Gasteiger partial charge is 0.355 e. The lowest BCUT2D eigenvalue weighted by Crippen LogP contribution is -2.06. The van der Waals surface area contributed by atoms with Gasteiger partial charge < -0.3 is 14.6 Å². The number of hydrogen-bond donors (Lipinski definition) is 1. The van der Waals surface area contributed by atoms with Gasteiger partial charge in [-0.05, 0) is 24.1 Å². The third kappa shape index (κ3) is 3.57. The number of carboxylic acids is 1. The largest absolute Gasteiger partial charge is 0.493 e. The van der Waals surface area contributed by atoms with Crippen LogP contribution in [0.5, 0.6) is 11.5 Å². The van der Waals surface area contributed by atoms with Crippen LogP contribution in [0.1, 0.15) is 35.6 Å². The maximum Gasteiger partial charge on any atom is 0.355 e. The summed E-state index contributed by atoms with van der Waals surface area (Å²) in [7, 11) is 1.59. The van der Waals surface area contributed by atoms with Crippen molar-refractivity contribution >= 4 is 34.4 Å². The lowest BCUT2D eigenvalue weighted by molar-refractivity contribution is 0.0689. The minimum absolute atomic E-state index is 0.144. The van der Waals surface area contributed by atoms with Crippen LogP contribution in [0.2, 0.25) is 0 Å². The normalized spacial score (nSPS) is 11.5. The second kappa shape index (κ2) is 7.61. The number of carbonyl (C=O) groups is 1. The van der Waals surface area contributed by atoms with E-state index in [0.29, 0.717) is 34.7 Å². The van der Waals surface area contributed by atoms with Gasteiger partial charge in [-0.2, -0.15) is 0 Å². The Morgan fingerprint density at radius 2 is 2.19 bits per heavy atom. The summed E-state index contributed by atoms with van der Waals surface area (Å²) in [5.74, 6) is 0.627. The number of benzene rings is 1. The van der Waals surface area contributed by atoms with Crippen LogP contribution in [-0.4, -0.2) is 34.2 Å². The lowest BCUT2D eigenvalue weighted by Gasteiger charge is -2.14. The van der Waals surface area contributed by atoms with E-state index in [1.165, 1.54) is 11.3 Å². The summed E-state index contributed by atoms with van der Waals surface area (Å²) >= 11 is 1.39. The molecule has 26 heavy (non-hydrogen) atoms. The first-order chi connectivity index (χ1) is 12.5. The van der Waals surface area contributed by atoms with Crippen molar-refractivity contribution < 1.29 is 19.4 Å². The van der Waals surface area contributed by atoms with Crippen LogP contribution in [0.4, 0.5) is 0 Å². The summed E-state index contributed by atoms with van der Waals surface area (Å²) in [6.07, 6.45) is 5.20. The molecule has 0 aliphatic rings. The molecule has 1 aromatic carbocycles. The average Bonchev–Trinajstić information content (AvgIpc) is 3.18. The maximum atomic E-state index is 11.6. The van der Waals surface area contributed by atoms with Crippen LogP contribution in [0.25, 0.3) is 17.1 Å². The van der Waals surface area contributed by atoms with E-state index in [9.17, 15) is 9.90 Å². The fourth-order valence-electron chi connectivity index (χ4n) is 2.53. The van der Waals surface area contributed by atoms with Crippen LogP contribution >= 0.6 is 11.3 Å². The van der Waals surface area contributed by atoms with Gasteiger partial charge in [0.05, 0.1) is 19.4 Å². The van der Waals surface area contributed by atoms with Crippen LogP contribution in [0.3, 0.4) is 0 Å². The number of para-hydroxylation sites is 1. The molecule has 0 atom stereocenters. The molecule has 3 rings (SSSR count). The Morgan fingerprint density at radius 1 is 1.38 bits per heavy atom. The number of hydrogen-bond acceptors (Lipinski definition) is 5. The highest BCUT2D eigenvalue weighted by Crippen LogP contribution is 2.33. The lowest BCUT2D eigenvalue weighted by atomic mass is 10.1. The molecule has 0 fully saturated rings. The number of nitrogens with zero attached hydrogens (tertiary/aromatic N) is 2. The molecular weight excluding hydrogens is 352 g/mol. The zero-order valence-corrected chi connectivity index (χ0v) is 15.6. The van der Waals surface area contributed by atoms with Crippen molar-refractivity contribution in [2.75, 3.05) is 13.7 Å². The van der Waals surface area contributed by atoms with Gasteiger partial charge >= 0.3 is 5.97 Å². The van der Waals surface area contributed by atoms with Crippen LogP contribution in [0.15, 0.2) is 29.8 Å². The number of imidazole rings is 1. The fourth-order valence-corrected chi connectivity index (χ4v) is 3.25. The summed E-state index contributed by atoms with van der Waals surface area (Å²) in [6, 6.07) is 5.60. The molecule has 2 aromatic heterocycles. The Labute approximate surface area is 155 Å². The van der Waals surface area contributed by atoms with E-state index in [-0.39, 0.29) is 5.69 Å². The van der Waals surface area contributed by atoms with Gasteiger partial charge in [-0.15, -0.1) is 11.3 Å². The highest BCUT2D eigenvalue weighted by molar-refractivity contribution is 7.15. The number of rotatable bonds is 7. The zero-order chi connectivity index (χ0) is 18.7. The third-order valence-corrected chi connectivity index (χ3v) is 4.46. The summed E-state index contributed by atoms with van der Waals surface area (Å²) < 4.78 is 12.9.